The van der Waals surface area contributed by atoms with Gasteiger partial charge in [-0.1, -0.05) is 11.6 Å². The Bertz CT molecular complexity index is 530. The second-order valence-electron chi connectivity index (χ2n) is 3.32. The number of carbonyl (C=O) groups excluding carboxylic acids is 1. The van der Waals surface area contributed by atoms with Gasteiger partial charge in [0.15, 0.2) is 0 Å². The highest BCUT2D eigenvalue weighted by atomic mass is 35.5. The van der Waals surface area contributed by atoms with Crippen LogP contribution in [0, 0.1) is 0 Å². The molecule has 0 atom stereocenters. The maximum Gasteiger partial charge on any atom is 0.238 e. The van der Waals surface area contributed by atoms with Crippen molar-refractivity contribution in [2.24, 2.45) is 5.73 Å². The molecule has 1 rings (SSSR count). The number of rotatable bonds is 4. The summed E-state index contributed by atoms with van der Waals surface area (Å²) in [5, 5.41) is 2.68. The Kier molecular flexibility index (Phi) is 4.33. The third-order valence-corrected chi connectivity index (χ3v) is 2.64. The number of sulfonamides is 1. The van der Waals surface area contributed by atoms with Crippen LogP contribution < -0.4 is 15.8 Å². The molecule has 6 nitrogen and oxygen atoms in total. The Morgan fingerprint density at radius 2 is 2.12 bits per heavy atom. The predicted octanol–water partition coefficient (Wildman–Crippen LogP) is 0.609. The summed E-state index contributed by atoms with van der Waals surface area (Å²) in [5.74, 6) is -0.357. The predicted molar refractivity (Wildman–Crippen MR) is 67.6 cm³/mol. The molecule has 0 aliphatic rings. The first-order chi connectivity index (χ1) is 7.81. The highest BCUT2D eigenvalue weighted by Crippen LogP contribution is 2.26. The molecule has 0 fully saturated rings. The number of carbonyl (C=O) groups is 1. The zero-order valence-electron chi connectivity index (χ0n) is 9.03. The van der Waals surface area contributed by atoms with Gasteiger partial charge in [-0.3, -0.25) is 9.52 Å². The molecule has 94 valence electrons. The van der Waals surface area contributed by atoms with Crippen molar-refractivity contribution < 1.29 is 13.2 Å². The van der Waals surface area contributed by atoms with E-state index >= 15 is 0 Å². The summed E-state index contributed by atoms with van der Waals surface area (Å²) in [6, 6.07) is 4.41. The average molecular weight is 278 g/mol. The number of amides is 1. The minimum atomic E-state index is -3.38. The number of benzene rings is 1. The van der Waals surface area contributed by atoms with Crippen LogP contribution in [0.25, 0.3) is 0 Å². The maximum absolute atomic E-state index is 11.0. The normalized spacial score (nSPS) is 11.0. The highest BCUT2D eigenvalue weighted by Gasteiger charge is 2.07. The van der Waals surface area contributed by atoms with Crippen LogP contribution in [-0.4, -0.2) is 27.1 Å². The first-order valence-corrected chi connectivity index (χ1v) is 6.86. The van der Waals surface area contributed by atoms with E-state index in [0.717, 1.165) is 6.26 Å². The summed E-state index contributed by atoms with van der Waals surface area (Å²) >= 11 is 5.85. The minimum Gasteiger partial charge on any atom is -0.325 e. The first kappa shape index (κ1) is 13.8. The fraction of sp³-hybridized carbons (Fsp3) is 0.222. The van der Waals surface area contributed by atoms with E-state index in [-0.39, 0.29) is 23.2 Å². The lowest BCUT2D eigenvalue weighted by Gasteiger charge is -2.09. The quantitative estimate of drug-likeness (QED) is 0.750. The van der Waals surface area contributed by atoms with Gasteiger partial charge in [0.25, 0.3) is 0 Å². The fourth-order valence-electron chi connectivity index (χ4n) is 1.09. The Hall–Kier alpha value is -1.31. The summed E-state index contributed by atoms with van der Waals surface area (Å²) in [6.07, 6.45) is 1.02. The van der Waals surface area contributed by atoms with E-state index in [1.807, 2.05) is 0 Å². The van der Waals surface area contributed by atoms with Crippen LogP contribution in [-0.2, 0) is 14.8 Å². The summed E-state index contributed by atoms with van der Waals surface area (Å²) in [6.45, 7) is -0.138. The molecule has 0 unspecified atom stereocenters. The van der Waals surface area contributed by atoms with E-state index in [2.05, 4.69) is 10.0 Å². The topological polar surface area (TPSA) is 101 Å². The molecule has 8 heteroatoms. The average Bonchev–Trinajstić information content (AvgIpc) is 2.20. The Labute approximate surface area is 104 Å². The van der Waals surface area contributed by atoms with Crippen LogP contribution in [0.1, 0.15) is 0 Å². The molecule has 0 aliphatic heterocycles. The van der Waals surface area contributed by atoms with Crippen LogP contribution in [0.5, 0.6) is 0 Å². The fourth-order valence-corrected chi connectivity index (χ4v) is 1.95. The molecule has 1 aromatic rings. The molecule has 17 heavy (non-hydrogen) atoms. The van der Waals surface area contributed by atoms with Crippen LogP contribution in [0.15, 0.2) is 18.2 Å². The second kappa shape index (κ2) is 5.35. The molecule has 0 radical (unpaired) electrons. The minimum absolute atomic E-state index is 0.138. The summed E-state index contributed by atoms with van der Waals surface area (Å²) in [7, 11) is -3.38. The molecule has 0 saturated heterocycles. The van der Waals surface area contributed by atoms with Gasteiger partial charge < -0.3 is 11.1 Å². The van der Waals surface area contributed by atoms with E-state index in [1.54, 1.807) is 0 Å². The highest BCUT2D eigenvalue weighted by molar-refractivity contribution is 7.92. The van der Waals surface area contributed by atoms with Gasteiger partial charge >= 0.3 is 0 Å². The van der Waals surface area contributed by atoms with Crippen molar-refractivity contribution in [3.63, 3.8) is 0 Å². The molecule has 0 bridgehead atoms. The lowest BCUT2D eigenvalue weighted by Crippen LogP contribution is -2.21. The van der Waals surface area contributed by atoms with Gasteiger partial charge in [0, 0.05) is 5.69 Å². The number of halogens is 1. The monoisotopic (exact) mass is 277 g/mol. The SMILES string of the molecule is CS(=O)(=O)Nc1ccc(NC(=O)CN)cc1Cl. The number of anilines is 2. The second-order valence-corrected chi connectivity index (χ2v) is 5.48. The van der Waals surface area contributed by atoms with Crippen LogP contribution in [0.4, 0.5) is 11.4 Å². The summed E-state index contributed by atoms with van der Waals surface area (Å²) in [4.78, 5) is 11.0. The third kappa shape index (κ3) is 4.59. The third-order valence-electron chi connectivity index (χ3n) is 1.73. The van der Waals surface area contributed by atoms with Crippen LogP contribution in [0.2, 0.25) is 5.02 Å². The molecule has 0 aromatic heterocycles. The van der Waals surface area contributed by atoms with Gasteiger partial charge in [-0.2, -0.15) is 0 Å². The Morgan fingerprint density at radius 3 is 2.59 bits per heavy atom. The van der Waals surface area contributed by atoms with Gasteiger partial charge in [0.2, 0.25) is 15.9 Å². The van der Waals surface area contributed by atoms with Gasteiger partial charge in [0.05, 0.1) is 23.5 Å². The number of hydrogen-bond acceptors (Lipinski definition) is 4. The van der Waals surface area contributed by atoms with Gasteiger partial charge in [-0.05, 0) is 18.2 Å². The van der Waals surface area contributed by atoms with Crippen LogP contribution in [0.3, 0.4) is 0 Å². The molecule has 1 aromatic carbocycles. The lowest BCUT2D eigenvalue weighted by atomic mass is 10.3. The number of nitrogens with one attached hydrogen (secondary N) is 2. The van der Waals surface area contributed by atoms with Crippen LogP contribution >= 0.6 is 11.6 Å². The molecule has 0 spiro atoms. The molecule has 4 N–H and O–H groups in total. The number of hydrogen-bond donors (Lipinski definition) is 3. The van der Waals surface area contributed by atoms with Crippen molar-refractivity contribution in [2.75, 3.05) is 22.8 Å². The molecule has 0 heterocycles. The van der Waals surface area contributed by atoms with Gasteiger partial charge in [-0.15, -0.1) is 0 Å². The van der Waals surface area contributed by atoms with E-state index < -0.39 is 10.0 Å². The van der Waals surface area contributed by atoms with Crippen molar-refractivity contribution in [1.29, 1.82) is 0 Å². The molecule has 0 aliphatic carbocycles. The Morgan fingerprint density at radius 1 is 1.47 bits per heavy atom. The van der Waals surface area contributed by atoms with Crippen molar-refractivity contribution in [3.8, 4) is 0 Å². The van der Waals surface area contributed by atoms with Crippen molar-refractivity contribution in [2.45, 2.75) is 0 Å². The van der Waals surface area contributed by atoms with Gasteiger partial charge in [-0.25, -0.2) is 8.42 Å². The maximum atomic E-state index is 11.0. The van der Waals surface area contributed by atoms with E-state index in [0.29, 0.717) is 5.69 Å². The summed E-state index contributed by atoms with van der Waals surface area (Å²) < 4.78 is 24.3. The van der Waals surface area contributed by atoms with Crippen molar-refractivity contribution in [1.82, 2.24) is 0 Å². The number of nitrogens with two attached hydrogens (primary N) is 1. The van der Waals surface area contributed by atoms with E-state index in [4.69, 9.17) is 17.3 Å². The van der Waals surface area contributed by atoms with Crippen molar-refractivity contribution >= 4 is 38.9 Å². The van der Waals surface area contributed by atoms with E-state index in [1.165, 1.54) is 18.2 Å². The zero-order valence-corrected chi connectivity index (χ0v) is 10.6. The van der Waals surface area contributed by atoms with Crippen molar-refractivity contribution in [3.05, 3.63) is 23.2 Å². The Balaban J connectivity index is 2.90. The molecular weight excluding hydrogens is 266 g/mol. The summed E-state index contributed by atoms with van der Waals surface area (Å²) in [5.41, 5.74) is 5.83. The first-order valence-electron chi connectivity index (χ1n) is 4.59. The van der Waals surface area contributed by atoms with Gasteiger partial charge in [0.1, 0.15) is 0 Å². The lowest BCUT2D eigenvalue weighted by molar-refractivity contribution is -0.114. The molecule has 1 amide bonds. The van der Waals surface area contributed by atoms with E-state index in [9.17, 15) is 13.2 Å². The molecule has 0 saturated carbocycles. The molecular formula is C9H12ClN3O3S. The standard InChI is InChI=1S/C9H12ClN3O3S/c1-17(15,16)13-8-3-2-6(4-7(8)10)12-9(14)5-11/h2-4,13H,5,11H2,1H3,(H,12,14). The smallest absolute Gasteiger partial charge is 0.238 e. The zero-order chi connectivity index (χ0) is 13.1. The largest absolute Gasteiger partial charge is 0.325 e.